The monoisotopic (exact) mass is 462 g/mol. The van der Waals surface area contributed by atoms with Crippen molar-refractivity contribution < 1.29 is 23.5 Å². The predicted molar refractivity (Wildman–Crippen MR) is 127 cm³/mol. The molecule has 7 heteroatoms. The molecule has 0 aromatic heterocycles. The van der Waals surface area contributed by atoms with Crippen LogP contribution < -0.4 is 20.1 Å². The summed E-state index contributed by atoms with van der Waals surface area (Å²) in [6.07, 6.45) is 2.34. The molecule has 1 unspecified atom stereocenters. The smallest absolute Gasteiger partial charge is 0.258 e. The molecule has 1 aliphatic carbocycles. The molecule has 0 spiro atoms. The van der Waals surface area contributed by atoms with E-state index < -0.39 is 0 Å². The van der Waals surface area contributed by atoms with Gasteiger partial charge in [-0.15, -0.1) is 0 Å². The number of benzene rings is 3. The van der Waals surface area contributed by atoms with Crippen LogP contribution in [0.15, 0.2) is 72.8 Å². The van der Waals surface area contributed by atoms with E-state index in [9.17, 15) is 14.0 Å². The fourth-order valence-electron chi connectivity index (χ4n) is 3.58. The molecule has 0 radical (unpaired) electrons. The lowest BCUT2D eigenvalue weighted by Crippen LogP contribution is -2.33. The molecule has 1 aliphatic rings. The number of methoxy groups -OCH3 is 1. The van der Waals surface area contributed by atoms with Crippen LogP contribution >= 0.6 is 0 Å². The van der Waals surface area contributed by atoms with Crippen molar-refractivity contribution in [2.24, 2.45) is 5.92 Å². The Balaban J connectivity index is 1.39. The van der Waals surface area contributed by atoms with Gasteiger partial charge in [0.15, 0.2) is 6.61 Å². The summed E-state index contributed by atoms with van der Waals surface area (Å²) in [5.74, 6) is 0.716. The summed E-state index contributed by atoms with van der Waals surface area (Å²) in [5.41, 5.74) is 2.42. The number of hydrogen-bond donors (Lipinski definition) is 2. The minimum atomic E-state index is -0.336. The van der Waals surface area contributed by atoms with E-state index in [-0.39, 0.29) is 36.2 Å². The van der Waals surface area contributed by atoms with Gasteiger partial charge in [-0.3, -0.25) is 9.59 Å². The van der Waals surface area contributed by atoms with E-state index in [1.54, 1.807) is 43.5 Å². The minimum Gasteiger partial charge on any atom is -0.497 e. The summed E-state index contributed by atoms with van der Waals surface area (Å²) in [4.78, 5) is 24.7. The van der Waals surface area contributed by atoms with Crippen LogP contribution in [0.2, 0.25) is 0 Å². The van der Waals surface area contributed by atoms with Crippen LogP contribution in [0, 0.1) is 11.7 Å². The van der Waals surface area contributed by atoms with Crippen LogP contribution in [0.3, 0.4) is 0 Å². The van der Waals surface area contributed by atoms with Crippen LogP contribution in [0.1, 0.15) is 30.0 Å². The zero-order valence-corrected chi connectivity index (χ0v) is 18.9. The number of nitrogens with one attached hydrogen (secondary N) is 2. The summed E-state index contributed by atoms with van der Waals surface area (Å²) in [6, 6.07) is 20.3. The molecule has 4 rings (SSSR count). The topological polar surface area (TPSA) is 76.7 Å². The standard InChI is InChI=1S/C27H27FN2O4/c1-33-23-13-9-19(10-14-23)25(15-18-5-11-21(28)12-6-18)30-26(31)17-34-24-4-2-3-22(16-24)29-27(32)20-7-8-20/h2-6,9-14,16,20,25H,7-8,15,17H2,1H3,(H,29,32)(H,30,31). The number of halogens is 1. The van der Waals surface area contributed by atoms with Gasteiger partial charge in [0.1, 0.15) is 17.3 Å². The molecule has 0 aliphatic heterocycles. The van der Waals surface area contributed by atoms with Crippen molar-refractivity contribution in [1.29, 1.82) is 0 Å². The Morgan fingerprint density at radius 2 is 1.74 bits per heavy atom. The van der Waals surface area contributed by atoms with E-state index in [1.807, 2.05) is 24.3 Å². The van der Waals surface area contributed by atoms with E-state index >= 15 is 0 Å². The van der Waals surface area contributed by atoms with Gasteiger partial charge in [0.25, 0.3) is 5.91 Å². The van der Waals surface area contributed by atoms with Crippen LogP contribution in [0.25, 0.3) is 0 Å². The number of carbonyl (C=O) groups is 2. The Kier molecular flexibility index (Phi) is 7.42. The molecule has 176 valence electrons. The second-order valence-electron chi connectivity index (χ2n) is 8.30. The van der Waals surface area contributed by atoms with E-state index in [0.29, 0.717) is 23.6 Å². The number of amides is 2. The average Bonchev–Trinajstić information content (AvgIpc) is 3.70. The Morgan fingerprint density at radius 1 is 1.00 bits per heavy atom. The Hall–Kier alpha value is -3.87. The van der Waals surface area contributed by atoms with Gasteiger partial charge in [-0.05, 0) is 66.8 Å². The zero-order valence-electron chi connectivity index (χ0n) is 18.9. The molecule has 1 atom stereocenters. The second-order valence-corrected chi connectivity index (χ2v) is 8.30. The van der Waals surface area contributed by atoms with Crippen molar-refractivity contribution in [3.63, 3.8) is 0 Å². The van der Waals surface area contributed by atoms with Crippen molar-refractivity contribution in [2.75, 3.05) is 19.0 Å². The Morgan fingerprint density at radius 3 is 2.41 bits per heavy atom. The van der Waals surface area contributed by atoms with Crippen molar-refractivity contribution in [3.8, 4) is 11.5 Å². The lowest BCUT2D eigenvalue weighted by molar-refractivity contribution is -0.124. The lowest BCUT2D eigenvalue weighted by Gasteiger charge is -2.20. The fraction of sp³-hybridized carbons (Fsp3) is 0.259. The number of hydrogen-bond acceptors (Lipinski definition) is 4. The van der Waals surface area contributed by atoms with Crippen LogP contribution in [-0.4, -0.2) is 25.5 Å². The summed E-state index contributed by atoms with van der Waals surface area (Å²) < 4.78 is 24.2. The highest BCUT2D eigenvalue weighted by Crippen LogP contribution is 2.30. The molecule has 1 saturated carbocycles. The molecule has 2 N–H and O–H groups in total. The highest BCUT2D eigenvalue weighted by molar-refractivity contribution is 5.94. The molecular formula is C27H27FN2O4. The van der Waals surface area contributed by atoms with Gasteiger partial charge in [0, 0.05) is 17.7 Å². The molecular weight excluding hydrogens is 435 g/mol. The average molecular weight is 463 g/mol. The van der Waals surface area contributed by atoms with E-state index in [0.717, 1.165) is 24.0 Å². The summed E-state index contributed by atoms with van der Waals surface area (Å²) in [6.45, 7) is -0.184. The molecule has 0 saturated heterocycles. The van der Waals surface area contributed by atoms with Gasteiger partial charge >= 0.3 is 0 Å². The van der Waals surface area contributed by atoms with Gasteiger partial charge < -0.3 is 20.1 Å². The zero-order chi connectivity index (χ0) is 23.9. The molecule has 34 heavy (non-hydrogen) atoms. The molecule has 3 aromatic rings. The molecule has 1 fully saturated rings. The summed E-state index contributed by atoms with van der Waals surface area (Å²) in [7, 11) is 1.59. The SMILES string of the molecule is COc1ccc(C(Cc2ccc(F)cc2)NC(=O)COc2cccc(NC(=O)C3CC3)c2)cc1. The van der Waals surface area contributed by atoms with E-state index in [4.69, 9.17) is 9.47 Å². The maximum absolute atomic E-state index is 13.3. The molecule has 0 heterocycles. The lowest BCUT2D eigenvalue weighted by atomic mass is 9.98. The van der Waals surface area contributed by atoms with Crippen molar-refractivity contribution in [2.45, 2.75) is 25.3 Å². The maximum Gasteiger partial charge on any atom is 0.258 e. The minimum absolute atomic E-state index is 0.0121. The predicted octanol–water partition coefficient (Wildman–Crippen LogP) is 4.66. The number of ether oxygens (including phenoxy) is 2. The Bertz CT molecular complexity index is 1130. The third kappa shape index (κ3) is 6.57. The summed E-state index contributed by atoms with van der Waals surface area (Å²) in [5, 5.41) is 5.88. The Labute approximate surface area is 198 Å². The van der Waals surface area contributed by atoms with Gasteiger partial charge in [-0.1, -0.05) is 30.3 Å². The van der Waals surface area contributed by atoms with E-state index in [1.165, 1.54) is 12.1 Å². The molecule has 6 nitrogen and oxygen atoms in total. The van der Waals surface area contributed by atoms with Gasteiger partial charge in [0.05, 0.1) is 13.2 Å². The van der Waals surface area contributed by atoms with Crippen LogP contribution in [0.4, 0.5) is 10.1 Å². The van der Waals surface area contributed by atoms with Gasteiger partial charge in [-0.2, -0.15) is 0 Å². The second kappa shape index (κ2) is 10.8. The first-order valence-corrected chi connectivity index (χ1v) is 11.2. The normalized spacial score (nSPS) is 13.6. The first-order chi connectivity index (χ1) is 16.5. The maximum atomic E-state index is 13.3. The number of anilines is 1. The highest BCUT2D eigenvalue weighted by atomic mass is 19.1. The third-order valence-corrected chi connectivity index (χ3v) is 5.63. The molecule has 2 amide bonds. The molecule has 3 aromatic carbocycles. The van der Waals surface area contributed by atoms with Crippen molar-refractivity contribution in [3.05, 3.63) is 89.7 Å². The molecule has 0 bridgehead atoms. The summed E-state index contributed by atoms with van der Waals surface area (Å²) >= 11 is 0. The third-order valence-electron chi connectivity index (χ3n) is 5.63. The quantitative estimate of drug-likeness (QED) is 0.459. The van der Waals surface area contributed by atoms with Gasteiger partial charge in [-0.25, -0.2) is 4.39 Å². The number of rotatable bonds is 10. The van der Waals surface area contributed by atoms with E-state index in [2.05, 4.69) is 10.6 Å². The van der Waals surface area contributed by atoms with Gasteiger partial charge in [0.2, 0.25) is 5.91 Å². The van der Waals surface area contributed by atoms with Crippen LogP contribution in [0.5, 0.6) is 11.5 Å². The van der Waals surface area contributed by atoms with Crippen LogP contribution in [-0.2, 0) is 16.0 Å². The highest BCUT2D eigenvalue weighted by Gasteiger charge is 2.29. The first-order valence-electron chi connectivity index (χ1n) is 11.2. The first kappa shape index (κ1) is 23.3. The largest absolute Gasteiger partial charge is 0.497 e. The van der Waals surface area contributed by atoms with Crippen molar-refractivity contribution in [1.82, 2.24) is 5.32 Å². The van der Waals surface area contributed by atoms with Crippen molar-refractivity contribution >= 4 is 17.5 Å². The number of carbonyl (C=O) groups excluding carboxylic acids is 2. The fourth-order valence-corrected chi connectivity index (χ4v) is 3.58.